The summed E-state index contributed by atoms with van der Waals surface area (Å²) in [4.78, 5) is 24.4. The topological polar surface area (TPSA) is 105 Å². The van der Waals surface area contributed by atoms with Crippen LogP contribution in [0.3, 0.4) is 0 Å². The maximum absolute atomic E-state index is 12.1. The highest BCUT2D eigenvalue weighted by atomic mass is 16.4. The summed E-state index contributed by atoms with van der Waals surface area (Å²) in [7, 11) is 0. The minimum atomic E-state index is -0.980. The van der Waals surface area contributed by atoms with E-state index in [2.05, 4.69) is 0 Å². The molecule has 0 radical (unpaired) electrons. The lowest BCUT2D eigenvalue weighted by atomic mass is 9.95. The maximum atomic E-state index is 12.1. The summed E-state index contributed by atoms with van der Waals surface area (Å²) in [6.07, 6.45) is 0.974. The number of hydrogen-bond acceptors (Lipinski definition) is 4. The molecule has 0 spiro atoms. The monoisotopic (exact) mass is 249 g/mol. The molecule has 0 saturated heterocycles. The average molecular weight is 249 g/mol. The Kier molecular flexibility index (Phi) is 4.67. The number of rotatable bonds is 4. The van der Waals surface area contributed by atoms with Crippen molar-refractivity contribution in [1.82, 2.24) is 4.90 Å². The molecule has 0 aromatic heterocycles. The van der Waals surface area contributed by atoms with Crippen LogP contribution in [0.2, 0.25) is 0 Å². The van der Waals surface area contributed by atoms with E-state index in [9.17, 15) is 9.59 Å². The van der Waals surface area contributed by atoms with Crippen LogP contribution in [0.15, 0.2) is 0 Å². The van der Waals surface area contributed by atoms with Crippen molar-refractivity contribution >= 4 is 11.9 Å². The van der Waals surface area contributed by atoms with Crippen molar-refractivity contribution in [2.75, 3.05) is 13.1 Å². The molecule has 0 aromatic rings. The Morgan fingerprint density at radius 1 is 1.22 bits per heavy atom. The largest absolute Gasteiger partial charge is 0.481 e. The van der Waals surface area contributed by atoms with E-state index in [0.29, 0.717) is 12.8 Å². The molecule has 1 N–H and O–H groups in total. The molecule has 96 valence electrons. The van der Waals surface area contributed by atoms with E-state index in [1.165, 1.54) is 0 Å². The number of nitrogens with zero attached hydrogens (tertiary/aromatic N) is 3. The van der Waals surface area contributed by atoms with Crippen LogP contribution in [0.4, 0.5) is 0 Å². The fraction of sp³-hybridized carbons (Fsp3) is 0.667. The summed E-state index contributed by atoms with van der Waals surface area (Å²) in [6.45, 7) is 1.55. The minimum absolute atomic E-state index is 0.172. The van der Waals surface area contributed by atoms with Gasteiger partial charge in [0.25, 0.3) is 0 Å². The number of aliphatic carboxylic acids is 1. The van der Waals surface area contributed by atoms with Gasteiger partial charge in [0.2, 0.25) is 5.91 Å². The van der Waals surface area contributed by atoms with Crippen LogP contribution >= 0.6 is 0 Å². The minimum Gasteiger partial charge on any atom is -0.481 e. The molecule has 0 heterocycles. The van der Waals surface area contributed by atoms with Crippen LogP contribution in [0.5, 0.6) is 0 Å². The van der Waals surface area contributed by atoms with Gasteiger partial charge < -0.3 is 10.0 Å². The fourth-order valence-electron chi connectivity index (χ4n) is 2.45. The van der Waals surface area contributed by atoms with Gasteiger partial charge in [0.1, 0.15) is 13.1 Å². The predicted octanol–water partition coefficient (Wildman–Crippen LogP) is 0.609. The Morgan fingerprint density at radius 2 is 1.72 bits per heavy atom. The molecular formula is C12H15N3O3. The van der Waals surface area contributed by atoms with Gasteiger partial charge in [-0.1, -0.05) is 6.92 Å². The third-order valence-corrected chi connectivity index (χ3v) is 3.27. The van der Waals surface area contributed by atoms with E-state index in [0.717, 1.165) is 4.90 Å². The van der Waals surface area contributed by atoms with Gasteiger partial charge in [-0.05, 0) is 18.8 Å². The van der Waals surface area contributed by atoms with Gasteiger partial charge >= 0.3 is 5.97 Å². The van der Waals surface area contributed by atoms with E-state index in [-0.39, 0.29) is 19.0 Å². The number of carboxylic acids is 1. The molecule has 3 unspecified atom stereocenters. The second kappa shape index (κ2) is 6.02. The third-order valence-electron chi connectivity index (χ3n) is 3.27. The lowest BCUT2D eigenvalue weighted by molar-refractivity contribution is -0.148. The van der Waals surface area contributed by atoms with Crippen molar-refractivity contribution in [3.63, 3.8) is 0 Å². The van der Waals surface area contributed by atoms with Crippen LogP contribution in [0, 0.1) is 40.4 Å². The molecule has 1 saturated carbocycles. The van der Waals surface area contributed by atoms with E-state index in [1.807, 2.05) is 19.1 Å². The Morgan fingerprint density at radius 3 is 2.17 bits per heavy atom. The standard InChI is InChI=1S/C12H15N3O3/c1-8-6-9(10(7-8)12(17)18)11(16)15(4-2-13)5-3-14/h8-10H,4-7H2,1H3,(H,17,18). The van der Waals surface area contributed by atoms with Crippen LogP contribution < -0.4 is 0 Å². The van der Waals surface area contributed by atoms with Crippen molar-refractivity contribution in [2.45, 2.75) is 19.8 Å². The fourth-order valence-corrected chi connectivity index (χ4v) is 2.45. The average Bonchev–Trinajstić information content (AvgIpc) is 2.70. The zero-order valence-corrected chi connectivity index (χ0v) is 10.2. The number of nitriles is 2. The highest BCUT2D eigenvalue weighted by molar-refractivity contribution is 5.85. The van der Waals surface area contributed by atoms with Crippen LogP contribution in [0.25, 0.3) is 0 Å². The van der Waals surface area contributed by atoms with Crippen LogP contribution in [0.1, 0.15) is 19.8 Å². The molecular weight excluding hydrogens is 234 g/mol. The molecule has 1 aliphatic carbocycles. The zero-order chi connectivity index (χ0) is 13.7. The summed E-state index contributed by atoms with van der Waals surface area (Å²) in [6, 6.07) is 3.64. The molecule has 1 rings (SSSR count). The van der Waals surface area contributed by atoms with Crippen LogP contribution in [-0.2, 0) is 9.59 Å². The maximum Gasteiger partial charge on any atom is 0.307 e. The predicted molar refractivity (Wildman–Crippen MR) is 60.8 cm³/mol. The molecule has 0 aromatic carbocycles. The number of hydrogen-bond donors (Lipinski definition) is 1. The van der Waals surface area contributed by atoms with Gasteiger partial charge in [-0.2, -0.15) is 10.5 Å². The van der Waals surface area contributed by atoms with Crippen molar-refractivity contribution in [1.29, 1.82) is 10.5 Å². The summed E-state index contributed by atoms with van der Waals surface area (Å²) in [5.41, 5.74) is 0. The van der Waals surface area contributed by atoms with Crippen molar-refractivity contribution < 1.29 is 14.7 Å². The molecule has 6 heteroatoms. The van der Waals surface area contributed by atoms with E-state index < -0.39 is 23.7 Å². The van der Waals surface area contributed by atoms with Crippen molar-refractivity contribution in [3.8, 4) is 12.1 Å². The van der Waals surface area contributed by atoms with Gasteiger partial charge in [0.05, 0.1) is 24.0 Å². The van der Waals surface area contributed by atoms with E-state index >= 15 is 0 Å². The van der Waals surface area contributed by atoms with Crippen molar-refractivity contribution in [2.24, 2.45) is 17.8 Å². The SMILES string of the molecule is CC1CC(C(=O)O)C(C(=O)N(CC#N)CC#N)C1. The van der Waals surface area contributed by atoms with Gasteiger partial charge in [0.15, 0.2) is 0 Å². The first-order valence-corrected chi connectivity index (χ1v) is 5.76. The molecule has 1 amide bonds. The lowest BCUT2D eigenvalue weighted by Crippen LogP contribution is -2.39. The number of carbonyl (C=O) groups is 2. The number of carboxylic acid groups (broad SMARTS) is 1. The number of carbonyl (C=O) groups excluding carboxylic acids is 1. The molecule has 1 fully saturated rings. The zero-order valence-electron chi connectivity index (χ0n) is 10.2. The van der Waals surface area contributed by atoms with E-state index in [1.54, 1.807) is 0 Å². The summed E-state index contributed by atoms with van der Waals surface area (Å²) < 4.78 is 0. The van der Waals surface area contributed by atoms with Gasteiger partial charge in [-0.25, -0.2) is 0 Å². The van der Waals surface area contributed by atoms with Gasteiger partial charge in [-0.15, -0.1) is 0 Å². The molecule has 1 aliphatic rings. The summed E-state index contributed by atoms with van der Waals surface area (Å²) >= 11 is 0. The molecule has 18 heavy (non-hydrogen) atoms. The first-order chi connectivity index (χ1) is 8.51. The summed E-state index contributed by atoms with van der Waals surface area (Å²) in [5.74, 6) is -2.51. The highest BCUT2D eigenvalue weighted by Crippen LogP contribution is 2.37. The third kappa shape index (κ3) is 2.98. The lowest BCUT2D eigenvalue weighted by Gasteiger charge is -2.22. The number of amides is 1. The Bertz CT molecular complexity index is 405. The molecule has 6 nitrogen and oxygen atoms in total. The summed E-state index contributed by atoms with van der Waals surface area (Å²) in [5, 5.41) is 26.3. The first-order valence-electron chi connectivity index (χ1n) is 5.76. The molecule has 0 bridgehead atoms. The second-order valence-electron chi connectivity index (χ2n) is 4.64. The Labute approximate surface area is 105 Å². The normalized spacial score (nSPS) is 26.1. The smallest absolute Gasteiger partial charge is 0.307 e. The molecule has 3 atom stereocenters. The van der Waals surface area contributed by atoms with Gasteiger partial charge in [0, 0.05) is 0 Å². The second-order valence-corrected chi connectivity index (χ2v) is 4.64. The molecule has 0 aliphatic heterocycles. The van der Waals surface area contributed by atoms with Crippen LogP contribution in [-0.4, -0.2) is 35.0 Å². The first kappa shape index (κ1) is 14.0. The van der Waals surface area contributed by atoms with Crippen molar-refractivity contribution in [3.05, 3.63) is 0 Å². The van der Waals surface area contributed by atoms with E-state index in [4.69, 9.17) is 15.6 Å². The van der Waals surface area contributed by atoms with Gasteiger partial charge in [-0.3, -0.25) is 9.59 Å². The quantitative estimate of drug-likeness (QED) is 0.735. The highest BCUT2D eigenvalue weighted by Gasteiger charge is 2.42. The Balaban J connectivity index is 2.84. The Hall–Kier alpha value is -2.08.